The van der Waals surface area contributed by atoms with E-state index in [1.54, 1.807) is 11.3 Å². The molecule has 1 saturated heterocycles. The average Bonchev–Trinajstić information content (AvgIpc) is 3.20. The molecule has 1 aliphatic heterocycles. The minimum Gasteiger partial charge on any atom is -0.351 e. The fourth-order valence-corrected chi connectivity index (χ4v) is 4.04. The van der Waals surface area contributed by atoms with Gasteiger partial charge in [0.2, 0.25) is 0 Å². The van der Waals surface area contributed by atoms with E-state index in [2.05, 4.69) is 23.9 Å². The largest absolute Gasteiger partial charge is 0.351 e. The lowest BCUT2D eigenvalue weighted by Crippen LogP contribution is -2.35. The maximum atomic E-state index is 5.88. The van der Waals surface area contributed by atoms with Crippen molar-refractivity contribution in [3.8, 4) is 0 Å². The van der Waals surface area contributed by atoms with Crippen LogP contribution in [0.2, 0.25) is 0 Å². The number of likely N-dealkylation sites (tertiary alicyclic amines) is 1. The predicted molar refractivity (Wildman–Crippen MR) is 85.5 cm³/mol. The second kappa shape index (κ2) is 6.00. The van der Waals surface area contributed by atoms with Crippen molar-refractivity contribution in [3.05, 3.63) is 10.6 Å². The van der Waals surface area contributed by atoms with Gasteiger partial charge in [0.25, 0.3) is 0 Å². The highest BCUT2D eigenvalue weighted by Crippen LogP contribution is 2.44. The van der Waals surface area contributed by atoms with E-state index in [-0.39, 0.29) is 0 Å². The molecule has 0 bridgehead atoms. The van der Waals surface area contributed by atoms with Gasteiger partial charge in [0.15, 0.2) is 5.13 Å². The summed E-state index contributed by atoms with van der Waals surface area (Å²) in [7, 11) is 4.41. The predicted octanol–water partition coefficient (Wildman–Crippen LogP) is 2.26. The molecule has 1 aliphatic carbocycles. The van der Waals surface area contributed by atoms with Gasteiger partial charge in [0.05, 0.1) is 5.69 Å². The van der Waals surface area contributed by atoms with Crippen LogP contribution in [0.25, 0.3) is 0 Å². The van der Waals surface area contributed by atoms with Crippen LogP contribution in [0.15, 0.2) is 0 Å². The molecule has 2 aliphatic rings. The molecule has 0 atom stereocenters. The molecule has 0 unspecified atom stereocenters. The van der Waals surface area contributed by atoms with Crippen molar-refractivity contribution in [1.82, 2.24) is 9.88 Å². The number of thiazole rings is 1. The van der Waals surface area contributed by atoms with Crippen molar-refractivity contribution in [2.75, 3.05) is 38.6 Å². The van der Waals surface area contributed by atoms with Gasteiger partial charge >= 0.3 is 0 Å². The molecule has 0 amide bonds. The Hall–Kier alpha value is -0.650. The van der Waals surface area contributed by atoms with Crippen molar-refractivity contribution in [2.45, 2.75) is 38.1 Å². The smallest absolute Gasteiger partial charge is 0.185 e. The lowest BCUT2D eigenvalue weighted by molar-refractivity contribution is 0.222. The van der Waals surface area contributed by atoms with Crippen LogP contribution in [0, 0.1) is 5.92 Å². The summed E-state index contributed by atoms with van der Waals surface area (Å²) in [6.45, 7) is 4.25. The lowest BCUT2D eigenvalue weighted by Gasteiger charge is -2.31. The van der Waals surface area contributed by atoms with Gasteiger partial charge in [0, 0.05) is 30.9 Å². The second-order valence-corrected chi connectivity index (χ2v) is 7.47. The molecule has 4 nitrogen and oxygen atoms in total. The maximum absolute atomic E-state index is 5.88. The molecule has 0 spiro atoms. The molecule has 1 aromatic rings. The van der Waals surface area contributed by atoms with E-state index in [0.29, 0.717) is 12.5 Å². The summed E-state index contributed by atoms with van der Waals surface area (Å²) in [6.07, 6.45) is 5.22. The Bertz CT molecular complexity index is 447. The van der Waals surface area contributed by atoms with Gasteiger partial charge in [-0.15, -0.1) is 11.3 Å². The highest BCUT2D eigenvalue weighted by Gasteiger charge is 2.30. The number of nitrogens with two attached hydrogens (primary N) is 1. The third-order valence-corrected chi connectivity index (χ3v) is 5.77. The summed E-state index contributed by atoms with van der Waals surface area (Å²) >= 11 is 1.80. The van der Waals surface area contributed by atoms with Crippen LogP contribution >= 0.6 is 11.3 Å². The maximum Gasteiger partial charge on any atom is 0.185 e. The van der Waals surface area contributed by atoms with E-state index in [0.717, 1.165) is 12.5 Å². The van der Waals surface area contributed by atoms with E-state index in [4.69, 9.17) is 10.7 Å². The molecule has 2 fully saturated rings. The van der Waals surface area contributed by atoms with Crippen LogP contribution in [-0.2, 0) is 6.54 Å². The molecule has 1 saturated carbocycles. The molecule has 3 rings (SSSR count). The molecule has 2 heterocycles. The summed E-state index contributed by atoms with van der Waals surface area (Å²) < 4.78 is 0. The van der Waals surface area contributed by atoms with E-state index in [1.807, 2.05) is 0 Å². The van der Waals surface area contributed by atoms with Gasteiger partial charge in [0.1, 0.15) is 0 Å². The molecule has 0 aromatic carbocycles. The molecule has 20 heavy (non-hydrogen) atoms. The standard InChI is InChI=1S/C15H26N4S/c1-18-7-5-11(6-8-18)10-19(2)15-17-14(12-3-4-12)13(9-16)20-15/h11-12H,3-10,16H2,1-2H3. The zero-order chi connectivity index (χ0) is 14.1. The minimum atomic E-state index is 0.644. The van der Waals surface area contributed by atoms with Crippen molar-refractivity contribution in [2.24, 2.45) is 11.7 Å². The van der Waals surface area contributed by atoms with Gasteiger partial charge in [-0.05, 0) is 51.7 Å². The first-order chi connectivity index (χ1) is 9.67. The van der Waals surface area contributed by atoms with Crippen molar-refractivity contribution >= 4 is 16.5 Å². The zero-order valence-electron chi connectivity index (χ0n) is 12.6. The first-order valence-electron chi connectivity index (χ1n) is 7.76. The van der Waals surface area contributed by atoms with Gasteiger partial charge in [-0.2, -0.15) is 0 Å². The Balaban J connectivity index is 1.63. The van der Waals surface area contributed by atoms with E-state index in [1.165, 1.54) is 54.5 Å². The molecule has 5 heteroatoms. The zero-order valence-corrected chi connectivity index (χ0v) is 13.5. The monoisotopic (exact) mass is 294 g/mol. The molecule has 1 aromatic heterocycles. The highest BCUT2D eigenvalue weighted by molar-refractivity contribution is 7.15. The van der Waals surface area contributed by atoms with Gasteiger partial charge in [-0.3, -0.25) is 0 Å². The molecular formula is C15H26N4S. The van der Waals surface area contributed by atoms with E-state index in [9.17, 15) is 0 Å². The number of aromatic nitrogens is 1. The SMILES string of the molecule is CN1CCC(CN(C)c2nc(C3CC3)c(CN)s2)CC1. The van der Waals surface area contributed by atoms with Gasteiger partial charge in [-0.1, -0.05) is 0 Å². The van der Waals surface area contributed by atoms with Crippen LogP contribution < -0.4 is 10.6 Å². The number of anilines is 1. The molecular weight excluding hydrogens is 268 g/mol. The Labute approximate surface area is 126 Å². The quantitative estimate of drug-likeness (QED) is 0.905. The van der Waals surface area contributed by atoms with Crippen LogP contribution in [0.1, 0.15) is 42.2 Å². The van der Waals surface area contributed by atoms with E-state index < -0.39 is 0 Å². The van der Waals surface area contributed by atoms with Crippen LogP contribution in [0.5, 0.6) is 0 Å². The average molecular weight is 294 g/mol. The number of hydrogen-bond donors (Lipinski definition) is 1. The summed E-state index contributed by atoms with van der Waals surface area (Å²) in [4.78, 5) is 11.0. The molecule has 2 N–H and O–H groups in total. The Morgan fingerprint density at radius 1 is 1.30 bits per heavy atom. The summed E-state index contributed by atoms with van der Waals surface area (Å²) in [6, 6.07) is 0. The topological polar surface area (TPSA) is 45.4 Å². The third-order valence-electron chi connectivity index (χ3n) is 4.56. The fraction of sp³-hybridized carbons (Fsp3) is 0.800. The number of rotatable bonds is 5. The Morgan fingerprint density at radius 2 is 2.00 bits per heavy atom. The normalized spacial score (nSPS) is 21.4. The van der Waals surface area contributed by atoms with Crippen molar-refractivity contribution in [3.63, 3.8) is 0 Å². The fourth-order valence-electron chi connectivity index (χ4n) is 3.05. The Morgan fingerprint density at radius 3 is 2.60 bits per heavy atom. The minimum absolute atomic E-state index is 0.644. The van der Waals surface area contributed by atoms with Crippen molar-refractivity contribution in [1.29, 1.82) is 0 Å². The van der Waals surface area contributed by atoms with Crippen molar-refractivity contribution < 1.29 is 0 Å². The number of hydrogen-bond acceptors (Lipinski definition) is 5. The first-order valence-corrected chi connectivity index (χ1v) is 8.58. The van der Waals surface area contributed by atoms with Gasteiger partial charge in [-0.25, -0.2) is 4.98 Å². The number of nitrogens with zero attached hydrogens (tertiary/aromatic N) is 3. The molecule has 112 valence electrons. The summed E-state index contributed by atoms with van der Waals surface area (Å²) in [5, 5.41) is 1.17. The number of piperidine rings is 1. The van der Waals surface area contributed by atoms with E-state index >= 15 is 0 Å². The summed E-state index contributed by atoms with van der Waals surface area (Å²) in [5.74, 6) is 1.51. The van der Waals surface area contributed by atoms with Gasteiger partial charge < -0.3 is 15.5 Å². The van der Waals surface area contributed by atoms with Crippen LogP contribution in [0.4, 0.5) is 5.13 Å². The lowest BCUT2D eigenvalue weighted by atomic mass is 9.97. The Kier molecular flexibility index (Phi) is 4.29. The summed E-state index contributed by atoms with van der Waals surface area (Å²) in [5.41, 5.74) is 7.17. The van der Waals surface area contributed by atoms with Crippen LogP contribution in [-0.4, -0.2) is 43.6 Å². The highest BCUT2D eigenvalue weighted by atomic mass is 32.1. The molecule has 0 radical (unpaired) electrons. The van der Waals surface area contributed by atoms with Crippen LogP contribution in [0.3, 0.4) is 0 Å². The third kappa shape index (κ3) is 3.15. The first kappa shape index (κ1) is 14.3. The second-order valence-electron chi connectivity index (χ2n) is 6.41.